The Morgan fingerprint density at radius 2 is 2.29 bits per heavy atom. The lowest BCUT2D eigenvalue weighted by molar-refractivity contribution is 0.761. The third kappa shape index (κ3) is 1.55. The van der Waals surface area contributed by atoms with Crippen LogP contribution in [0.2, 0.25) is 0 Å². The van der Waals surface area contributed by atoms with Crippen LogP contribution >= 0.6 is 15.9 Å². The van der Waals surface area contributed by atoms with Crippen molar-refractivity contribution in [2.75, 3.05) is 6.54 Å². The summed E-state index contributed by atoms with van der Waals surface area (Å²) in [5.74, 6) is 0. The van der Waals surface area contributed by atoms with E-state index < -0.39 is 0 Å². The van der Waals surface area contributed by atoms with Crippen molar-refractivity contribution in [3.63, 3.8) is 0 Å². The number of hydrogen-bond donors (Lipinski definition) is 1. The van der Waals surface area contributed by atoms with Crippen LogP contribution in [0.15, 0.2) is 22.8 Å². The molecule has 2 N–H and O–H groups in total. The van der Waals surface area contributed by atoms with E-state index >= 15 is 0 Å². The average Bonchev–Trinajstić information content (AvgIpc) is 2.45. The maximum Gasteiger partial charge on any atom is 0.111 e. The Labute approximate surface area is 91.0 Å². The number of nitrogens with zero attached hydrogens (tertiary/aromatic N) is 2. The first-order chi connectivity index (χ1) is 6.72. The lowest BCUT2D eigenvalue weighted by atomic mass is 10.1. The highest BCUT2D eigenvalue weighted by atomic mass is 79.9. The van der Waals surface area contributed by atoms with Crippen molar-refractivity contribution < 1.29 is 0 Å². The van der Waals surface area contributed by atoms with Gasteiger partial charge in [0.05, 0.1) is 5.52 Å². The van der Waals surface area contributed by atoms with Crippen molar-refractivity contribution >= 4 is 26.8 Å². The largest absolute Gasteiger partial charge is 0.330 e. The van der Waals surface area contributed by atoms with Gasteiger partial charge in [0.25, 0.3) is 0 Å². The van der Waals surface area contributed by atoms with Crippen LogP contribution in [0.1, 0.15) is 5.56 Å². The molecule has 14 heavy (non-hydrogen) atoms. The Bertz CT molecular complexity index is 462. The highest BCUT2D eigenvalue weighted by molar-refractivity contribution is 9.10. The van der Waals surface area contributed by atoms with Crippen molar-refractivity contribution in [1.82, 2.24) is 9.78 Å². The molecule has 74 valence electrons. The minimum Gasteiger partial charge on any atom is -0.330 e. The van der Waals surface area contributed by atoms with Crippen LogP contribution in [0.5, 0.6) is 0 Å². The fraction of sp³-hybridized carbons (Fsp3) is 0.300. The molecule has 0 radical (unpaired) electrons. The van der Waals surface area contributed by atoms with Crippen LogP contribution in [0.25, 0.3) is 10.9 Å². The third-order valence-corrected chi connectivity index (χ3v) is 3.20. The summed E-state index contributed by atoms with van der Waals surface area (Å²) < 4.78 is 2.85. The van der Waals surface area contributed by atoms with Crippen molar-refractivity contribution in [3.8, 4) is 0 Å². The Kier molecular flexibility index (Phi) is 2.56. The van der Waals surface area contributed by atoms with Crippen molar-refractivity contribution in [2.45, 2.75) is 6.42 Å². The Morgan fingerprint density at radius 3 is 3.00 bits per heavy atom. The second kappa shape index (κ2) is 3.71. The zero-order chi connectivity index (χ0) is 10.1. The van der Waals surface area contributed by atoms with E-state index in [2.05, 4.69) is 33.2 Å². The van der Waals surface area contributed by atoms with Gasteiger partial charge in [-0.2, -0.15) is 5.10 Å². The van der Waals surface area contributed by atoms with Gasteiger partial charge < -0.3 is 5.73 Å². The number of rotatable bonds is 2. The van der Waals surface area contributed by atoms with E-state index in [4.69, 9.17) is 5.73 Å². The minimum absolute atomic E-state index is 0.684. The lowest BCUT2D eigenvalue weighted by Gasteiger charge is -1.97. The molecule has 0 unspecified atom stereocenters. The van der Waals surface area contributed by atoms with Crippen LogP contribution in [-0.4, -0.2) is 16.3 Å². The molecule has 4 heteroatoms. The monoisotopic (exact) mass is 253 g/mol. The van der Waals surface area contributed by atoms with Crippen LogP contribution in [-0.2, 0) is 13.5 Å². The molecule has 1 heterocycles. The third-order valence-electron chi connectivity index (χ3n) is 2.26. The Hall–Kier alpha value is -0.870. The van der Waals surface area contributed by atoms with Gasteiger partial charge in [0.1, 0.15) is 4.60 Å². The van der Waals surface area contributed by atoms with Crippen LogP contribution < -0.4 is 5.73 Å². The minimum atomic E-state index is 0.684. The number of benzene rings is 1. The number of aryl methyl sites for hydroxylation is 1. The number of halogens is 1. The van der Waals surface area contributed by atoms with Gasteiger partial charge in [-0.15, -0.1) is 0 Å². The van der Waals surface area contributed by atoms with Gasteiger partial charge in [-0.1, -0.05) is 6.07 Å². The molecule has 0 spiro atoms. The second-order valence-corrected chi connectivity index (χ2v) is 4.06. The first-order valence-corrected chi connectivity index (χ1v) is 5.33. The summed E-state index contributed by atoms with van der Waals surface area (Å²) in [7, 11) is 1.92. The van der Waals surface area contributed by atoms with E-state index in [1.807, 2.05) is 17.8 Å². The molecule has 0 aliphatic heterocycles. The lowest BCUT2D eigenvalue weighted by Crippen LogP contribution is -2.02. The van der Waals surface area contributed by atoms with Crippen LogP contribution in [0.3, 0.4) is 0 Å². The van der Waals surface area contributed by atoms with Gasteiger partial charge in [-0.25, -0.2) is 0 Å². The first-order valence-electron chi connectivity index (χ1n) is 4.53. The number of hydrogen-bond acceptors (Lipinski definition) is 2. The summed E-state index contributed by atoms with van der Waals surface area (Å²) in [5, 5.41) is 5.50. The smallest absolute Gasteiger partial charge is 0.111 e. The zero-order valence-electron chi connectivity index (χ0n) is 8.00. The molecular weight excluding hydrogens is 242 g/mol. The summed E-state index contributed by atoms with van der Waals surface area (Å²) in [4.78, 5) is 0. The highest BCUT2D eigenvalue weighted by Crippen LogP contribution is 2.23. The zero-order valence-corrected chi connectivity index (χ0v) is 9.58. The number of nitrogens with two attached hydrogens (primary N) is 1. The standard InChI is InChI=1S/C10H12BrN3/c1-14-10(11)8-6-7(4-5-12)2-3-9(8)13-14/h2-3,6H,4-5,12H2,1H3. The predicted molar refractivity (Wildman–Crippen MR) is 61.2 cm³/mol. The normalized spacial score (nSPS) is 11.1. The fourth-order valence-electron chi connectivity index (χ4n) is 1.54. The van der Waals surface area contributed by atoms with Gasteiger partial charge in [-0.3, -0.25) is 4.68 Å². The highest BCUT2D eigenvalue weighted by Gasteiger charge is 2.05. The molecule has 0 amide bonds. The topological polar surface area (TPSA) is 43.8 Å². The van der Waals surface area contributed by atoms with Gasteiger partial charge >= 0.3 is 0 Å². The maximum atomic E-state index is 5.52. The molecule has 2 rings (SSSR count). The molecule has 1 aromatic heterocycles. The molecule has 0 saturated carbocycles. The van der Waals surface area contributed by atoms with E-state index in [0.29, 0.717) is 6.54 Å². The SMILES string of the molecule is Cn1nc2ccc(CCN)cc2c1Br. The molecule has 0 atom stereocenters. The molecular formula is C10H12BrN3. The first kappa shape index (κ1) is 9.68. The van der Waals surface area contributed by atoms with Gasteiger partial charge in [0, 0.05) is 12.4 Å². The molecule has 1 aromatic carbocycles. The molecule has 0 bridgehead atoms. The predicted octanol–water partition coefficient (Wildman–Crippen LogP) is 1.84. The van der Waals surface area contributed by atoms with Gasteiger partial charge in [0.15, 0.2) is 0 Å². The number of fused-ring (bicyclic) bond motifs is 1. The Balaban J connectivity index is 2.58. The van der Waals surface area contributed by atoms with Crippen LogP contribution in [0.4, 0.5) is 0 Å². The van der Waals surface area contributed by atoms with E-state index in [0.717, 1.165) is 21.9 Å². The fourth-order valence-corrected chi connectivity index (χ4v) is 1.93. The molecule has 0 fully saturated rings. The van der Waals surface area contributed by atoms with E-state index in [-0.39, 0.29) is 0 Å². The van der Waals surface area contributed by atoms with E-state index in [9.17, 15) is 0 Å². The summed E-state index contributed by atoms with van der Waals surface area (Å²) >= 11 is 3.51. The average molecular weight is 254 g/mol. The molecule has 0 aliphatic rings. The molecule has 0 saturated heterocycles. The maximum absolute atomic E-state index is 5.52. The second-order valence-electron chi connectivity index (χ2n) is 3.30. The van der Waals surface area contributed by atoms with E-state index in [1.165, 1.54) is 5.56 Å². The van der Waals surface area contributed by atoms with Crippen molar-refractivity contribution in [2.24, 2.45) is 12.8 Å². The summed E-state index contributed by atoms with van der Waals surface area (Å²) in [6, 6.07) is 6.25. The molecule has 0 aliphatic carbocycles. The van der Waals surface area contributed by atoms with E-state index in [1.54, 1.807) is 0 Å². The van der Waals surface area contributed by atoms with Crippen molar-refractivity contribution in [3.05, 3.63) is 28.4 Å². The van der Waals surface area contributed by atoms with Crippen LogP contribution in [0, 0.1) is 0 Å². The molecule has 2 aromatic rings. The molecule has 3 nitrogen and oxygen atoms in total. The van der Waals surface area contributed by atoms with Gasteiger partial charge in [-0.05, 0) is 46.6 Å². The van der Waals surface area contributed by atoms with Gasteiger partial charge in [0.2, 0.25) is 0 Å². The Morgan fingerprint density at radius 1 is 1.50 bits per heavy atom. The summed E-state index contributed by atoms with van der Waals surface area (Å²) in [6.45, 7) is 0.684. The van der Waals surface area contributed by atoms with Crippen molar-refractivity contribution in [1.29, 1.82) is 0 Å². The summed E-state index contributed by atoms with van der Waals surface area (Å²) in [5.41, 5.74) is 7.79. The summed E-state index contributed by atoms with van der Waals surface area (Å²) in [6.07, 6.45) is 0.914. The number of aromatic nitrogens is 2. The quantitative estimate of drug-likeness (QED) is 0.888.